The molecule has 3 aromatic heterocycles. The van der Waals surface area contributed by atoms with Gasteiger partial charge in [-0.1, -0.05) is 240 Å². The van der Waals surface area contributed by atoms with Crippen molar-refractivity contribution in [1.82, 2.24) is 13.7 Å². The molecule has 88 heavy (non-hydrogen) atoms. The van der Waals surface area contributed by atoms with Gasteiger partial charge in [-0.15, -0.1) is 0 Å². The van der Waals surface area contributed by atoms with Gasteiger partial charge in [-0.2, -0.15) is 0 Å². The summed E-state index contributed by atoms with van der Waals surface area (Å²) in [5, 5.41) is 7.87. The molecule has 0 atom stereocenters. The van der Waals surface area contributed by atoms with E-state index in [2.05, 4.69) is 326 Å². The third-order valence-electron chi connectivity index (χ3n) is 21.0. The molecule has 2 aliphatic rings. The van der Waals surface area contributed by atoms with Gasteiger partial charge in [-0.3, -0.25) is 0 Å². The van der Waals surface area contributed by atoms with Crippen molar-refractivity contribution in [3.8, 4) is 39.3 Å². The van der Waals surface area contributed by atoms with Gasteiger partial charge in [0.1, 0.15) is 0 Å². The molecule has 0 N–H and O–H groups in total. The number of fused-ring (bicyclic) bond motifs is 9. The lowest BCUT2D eigenvalue weighted by atomic mass is 9.65. The minimum atomic E-state index is -0.537. The molecule has 0 unspecified atom stereocenters. The second-order valence-corrected chi connectivity index (χ2v) is 31.9. The lowest BCUT2D eigenvalue weighted by molar-refractivity contribution is 0.553. The highest BCUT2D eigenvalue weighted by molar-refractivity contribution is 6.20. The van der Waals surface area contributed by atoms with E-state index in [0.717, 1.165) is 0 Å². The maximum absolute atomic E-state index is 2.63. The summed E-state index contributed by atoms with van der Waals surface area (Å²) in [4.78, 5) is 0. The van der Waals surface area contributed by atoms with E-state index < -0.39 is 10.8 Å². The van der Waals surface area contributed by atoms with E-state index in [0.29, 0.717) is 0 Å². The quantitative estimate of drug-likeness (QED) is 0.163. The molecule has 0 saturated carbocycles. The molecule has 10 aromatic carbocycles. The van der Waals surface area contributed by atoms with Crippen LogP contribution in [-0.4, -0.2) is 13.7 Å². The van der Waals surface area contributed by atoms with Gasteiger partial charge >= 0.3 is 0 Å². The first-order valence-electron chi connectivity index (χ1n) is 32.3. The lowest BCUT2D eigenvalue weighted by Crippen LogP contribution is -2.30. The average Bonchev–Trinajstić information content (AvgIpc) is 0.963. The van der Waals surface area contributed by atoms with Crippen LogP contribution in [0.25, 0.3) is 105 Å². The summed E-state index contributed by atoms with van der Waals surface area (Å²) in [5.41, 5.74) is 28.0. The summed E-state index contributed by atoms with van der Waals surface area (Å²) >= 11 is 0. The molecule has 0 amide bonds. The van der Waals surface area contributed by atoms with Crippen LogP contribution in [0.15, 0.2) is 188 Å². The Labute approximate surface area is 521 Å². The van der Waals surface area contributed by atoms with Gasteiger partial charge in [0.15, 0.2) is 0 Å². The van der Waals surface area contributed by atoms with E-state index in [1.54, 1.807) is 0 Å². The third-order valence-corrected chi connectivity index (χ3v) is 21.0. The highest BCUT2D eigenvalue weighted by atomic mass is 15.0. The van der Waals surface area contributed by atoms with Gasteiger partial charge in [0.05, 0.1) is 38.8 Å². The highest BCUT2D eigenvalue weighted by Gasteiger charge is 2.41. The van der Waals surface area contributed by atoms with Gasteiger partial charge in [-0.05, 0) is 172 Å². The van der Waals surface area contributed by atoms with Crippen molar-refractivity contribution < 1.29 is 0 Å². The molecule has 0 fully saturated rings. The monoisotopic (exact) mass is 1150 g/mol. The number of aromatic nitrogens is 3. The minimum Gasteiger partial charge on any atom is -0.309 e. The fraction of sp³-hybridized carbons (Fsp3) is 0.294. The Kier molecular flexibility index (Phi) is 11.7. The van der Waals surface area contributed by atoms with E-state index in [9.17, 15) is 0 Å². The third kappa shape index (κ3) is 8.00. The SMILES string of the molecule is CC(C)(C)c1cc(-n2c3cccc4c3c3c(c(-n5c6ccccc6c6ccccc65)ccc32)C(C)(C)c2cc-4ccc2C(C)(C)c2cc(-n3c4cccc5c4c4c(c(C(C)(C)C)ccc43)C(C)(C)c3cccc-5c3)cc(C(C)(C)C)c2)cc(C(C)(C)C)c1. The minimum absolute atomic E-state index is 0.0568. The molecule has 3 heterocycles. The lowest BCUT2D eigenvalue weighted by Gasteiger charge is -2.39. The predicted molar refractivity (Wildman–Crippen MR) is 378 cm³/mol. The molecule has 0 spiro atoms. The number of hydrogen-bond donors (Lipinski definition) is 0. The zero-order chi connectivity index (χ0) is 61.9. The summed E-state index contributed by atoms with van der Waals surface area (Å²) in [6.45, 7) is 43.4. The Morgan fingerprint density at radius 1 is 0.307 bits per heavy atom. The standard InChI is InChI=1S/C85H85N3/c1-79(2,3)53-44-54(80(4,5)6)47-57(46-53)86-69-35-25-31-60-51-36-37-63(65(43-51)85(17,18)78-72(41-40-71(86)76(78)74(60)69)88-66-32-21-19-28-61(66)62-29-20-22-33-67(62)88)83(13,14)56-45-55(81(7,8)9)48-58(49-56)87-68-34-24-30-59-50-26-23-27-52(42-50)84(15,16)77-64(82(10,11)12)38-39-70(87)75(77)73(59)68/h19-49H,1-18H3. The number of nitrogens with zero attached hydrogens (tertiary/aromatic N) is 3. The maximum Gasteiger partial charge on any atom is 0.0547 e. The Balaban J connectivity index is 1.02. The molecule has 4 bridgehead atoms. The number of rotatable bonds is 5. The molecule has 440 valence electrons. The van der Waals surface area contributed by atoms with Crippen LogP contribution < -0.4 is 0 Å². The Morgan fingerprint density at radius 3 is 1.28 bits per heavy atom. The van der Waals surface area contributed by atoms with E-state index >= 15 is 0 Å². The van der Waals surface area contributed by atoms with Crippen molar-refractivity contribution in [3.63, 3.8) is 0 Å². The first-order chi connectivity index (χ1) is 41.5. The fourth-order valence-electron chi connectivity index (χ4n) is 16.0. The zero-order valence-electron chi connectivity index (χ0n) is 55.2. The molecule has 13 aromatic rings. The predicted octanol–water partition coefficient (Wildman–Crippen LogP) is 23.1. The summed E-state index contributed by atoms with van der Waals surface area (Å²) < 4.78 is 7.83. The van der Waals surface area contributed by atoms with E-state index in [-0.39, 0.29) is 27.1 Å². The van der Waals surface area contributed by atoms with Gasteiger partial charge in [0.2, 0.25) is 0 Å². The molecule has 3 nitrogen and oxygen atoms in total. The smallest absolute Gasteiger partial charge is 0.0547 e. The summed E-state index contributed by atoms with van der Waals surface area (Å²) in [7, 11) is 0. The fourth-order valence-corrected chi connectivity index (χ4v) is 16.0. The Morgan fingerprint density at radius 2 is 0.750 bits per heavy atom. The topological polar surface area (TPSA) is 14.8 Å². The molecule has 0 aliphatic heterocycles. The summed E-state index contributed by atoms with van der Waals surface area (Å²) in [6, 6.07) is 73.9. The van der Waals surface area contributed by atoms with Gasteiger partial charge in [0, 0.05) is 59.9 Å². The van der Waals surface area contributed by atoms with E-state index in [4.69, 9.17) is 0 Å². The van der Waals surface area contributed by atoms with Gasteiger partial charge in [0.25, 0.3) is 0 Å². The normalized spacial score (nSPS) is 14.9. The number of para-hydroxylation sites is 2. The second kappa shape index (κ2) is 18.4. The van der Waals surface area contributed by atoms with Crippen molar-refractivity contribution in [3.05, 3.63) is 244 Å². The molecule has 3 heteroatoms. The van der Waals surface area contributed by atoms with Crippen LogP contribution in [0.5, 0.6) is 0 Å². The van der Waals surface area contributed by atoms with Crippen LogP contribution in [0.3, 0.4) is 0 Å². The molecule has 0 radical (unpaired) electrons. The first kappa shape index (κ1) is 56.1. The second-order valence-electron chi connectivity index (χ2n) is 31.9. The summed E-state index contributed by atoms with van der Waals surface area (Å²) in [6.07, 6.45) is 0. The zero-order valence-corrected chi connectivity index (χ0v) is 55.2. The van der Waals surface area contributed by atoms with Crippen molar-refractivity contribution in [1.29, 1.82) is 0 Å². The van der Waals surface area contributed by atoms with Crippen molar-refractivity contribution in [2.24, 2.45) is 0 Å². The van der Waals surface area contributed by atoms with Crippen LogP contribution in [0, 0.1) is 0 Å². The number of hydrogen-bond acceptors (Lipinski definition) is 0. The van der Waals surface area contributed by atoms with E-state index in [1.807, 2.05) is 0 Å². The Hall–Kier alpha value is -8.40. The van der Waals surface area contributed by atoms with Crippen molar-refractivity contribution in [2.75, 3.05) is 0 Å². The van der Waals surface area contributed by atoms with Gasteiger partial charge in [-0.25, -0.2) is 0 Å². The first-order valence-corrected chi connectivity index (χ1v) is 32.3. The molecule has 2 aliphatic carbocycles. The molecular weight excluding hydrogens is 1060 g/mol. The molecule has 15 rings (SSSR count). The van der Waals surface area contributed by atoms with Crippen LogP contribution in [0.2, 0.25) is 0 Å². The van der Waals surface area contributed by atoms with Crippen LogP contribution in [0.1, 0.15) is 180 Å². The van der Waals surface area contributed by atoms with Crippen LogP contribution >= 0.6 is 0 Å². The molecular formula is C85H85N3. The maximum atomic E-state index is 2.63. The average molecular weight is 1150 g/mol. The Bertz CT molecular complexity index is 5050. The van der Waals surface area contributed by atoms with Crippen LogP contribution in [0.4, 0.5) is 0 Å². The molecule has 0 saturated heterocycles. The van der Waals surface area contributed by atoms with Crippen molar-refractivity contribution >= 4 is 65.4 Å². The largest absolute Gasteiger partial charge is 0.309 e. The number of benzene rings is 10. The van der Waals surface area contributed by atoms with Gasteiger partial charge < -0.3 is 13.7 Å². The summed E-state index contributed by atoms with van der Waals surface area (Å²) in [5.74, 6) is 0. The van der Waals surface area contributed by atoms with E-state index in [1.165, 1.54) is 160 Å². The van der Waals surface area contributed by atoms with Crippen molar-refractivity contribution in [2.45, 2.75) is 163 Å². The highest BCUT2D eigenvalue weighted by Crippen LogP contribution is 2.55. The van der Waals surface area contributed by atoms with Crippen LogP contribution in [-0.2, 0) is 37.9 Å².